The van der Waals surface area contributed by atoms with Crippen LogP contribution in [0.5, 0.6) is 0 Å². The Labute approximate surface area is 154 Å². The molecule has 27 heavy (non-hydrogen) atoms. The zero-order valence-electron chi connectivity index (χ0n) is 14.4. The van der Waals surface area contributed by atoms with Crippen LogP contribution in [0.4, 0.5) is 5.95 Å². The number of aldehydes is 1. The average molecular weight is 363 g/mol. The summed E-state index contributed by atoms with van der Waals surface area (Å²) in [5, 5.41) is 16.2. The fourth-order valence-corrected chi connectivity index (χ4v) is 3.35. The van der Waals surface area contributed by atoms with Gasteiger partial charge in [0.15, 0.2) is 6.29 Å². The van der Waals surface area contributed by atoms with Gasteiger partial charge in [-0.1, -0.05) is 24.3 Å². The molecule has 8 nitrogen and oxygen atoms in total. The van der Waals surface area contributed by atoms with E-state index in [0.717, 1.165) is 12.8 Å². The van der Waals surface area contributed by atoms with Crippen LogP contribution < -0.4 is 5.32 Å². The Morgan fingerprint density at radius 2 is 1.89 bits per heavy atom. The quantitative estimate of drug-likeness (QED) is 0.643. The lowest BCUT2D eigenvalue weighted by Gasteiger charge is -2.11. The van der Waals surface area contributed by atoms with E-state index in [2.05, 4.69) is 32.5 Å². The summed E-state index contributed by atoms with van der Waals surface area (Å²) in [6.45, 7) is -0.316. The Hall–Kier alpha value is -3.55. The summed E-state index contributed by atoms with van der Waals surface area (Å²) < 4.78 is 1.21. The second kappa shape index (κ2) is 6.99. The van der Waals surface area contributed by atoms with E-state index in [9.17, 15) is 9.59 Å². The maximum Gasteiger partial charge on any atom is 0.325 e. The van der Waals surface area contributed by atoms with Gasteiger partial charge >= 0.3 is 5.97 Å². The molecule has 0 amide bonds. The van der Waals surface area contributed by atoms with Gasteiger partial charge in [0.2, 0.25) is 5.95 Å². The summed E-state index contributed by atoms with van der Waals surface area (Å²) in [7, 11) is 0. The van der Waals surface area contributed by atoms with Crippen molar-refractivity contribution in [3.05, 3.63) is 59.7 Å². The fraction of sp³-hybridized carbons (Fsp3) is 0.211. The Kier molecular flexibility index (Phi) is 4.37. The monoisotopic (exact) mass is 363 g/mol. The highest BCUT2D eigenvalue weighted by atomic mass is 16.4. The van der Waals surface area contributed by atoms with Gasteiger partial charge in [-0.3, -0.25) is 14.3 Å². The molecular weight excluding hydrogens is 346 g/mol. The van der Waals surface area contributed by atoms with Crippen LogP contribution in [0.15, 0.2) is 42.9 Å². The maximum absolute atomic E-state index is 11.2. The van der Waals surface area contributed by atoms with Crippen LogP contribution in [0.25, 0.3) is 11.1 Å². The van der Waals surface area contributed by atoms with Crippen molar-refractivity contribution in [2.45, 2.75) is 25.4 Å². The molecular formula is C19H17N5O3. The fourth-order valence-electron chi connectivity index (χ4n) is 3.35. The van der Waals surface area contributed by atoms with Gasteiger partial charge in [0, 0.05) is 35.8 Å². The molecule has 0 saturated heterocycles. The molecule has 1 aliphatic carbocycles. The number of hydrogen-bond donors (Lipinski definition) is 2. The Balaban J connectivity index is 1.49. The smallest absolute Gasteiger partial charge is 0.325 e. The number of rotatable bonds is 6. The normalized spacial score (nSPS) is 13.3. The minimum Gasteiger partial charge on any atom is -0.480 e. The van der Waals surface area contributed by atoms with E-state index in [-0.39, 0.29) is 18.3 Å². The van der Waals surface area contributed by atoms with Crippen LogP contribution in [0.1, 0.15) is 21.6 Å². The van der Waals surface area contributed by atoms with Gasteiger partial charge in [-0.2, -0.15) is 5.10 Å². The van der Waals surface area contributed by atoms with Crippen LogP contribution >= 0.6 is 0 Å². The van der Waals surface area contributed by atoms with Gasteiger partial charge in [-0.15, -0.1) is 0 Å². The number of nitrogens with zero attached hydrogens (tertiary/aromatic N) is 4. The summed E-state index contributed by atoms with van der Waals surface area (Å²) in [5.74, 6) is -0.517. The van der Waals surface area contributed by atoms with Crippen molar-refractivity contribution in [2.75, 3.05) is 5.32 Å². The number of carbonyl (C=O) groups excluding carboxylic acids is 1. The predicted octanol–water partition coefficient (Wildman–Crippen LogP) is 1.82. The third-order valence-corrected chi connectivity index (χ3v) is 4.55. The molecule has 8 heteroatoms. The molecule has 2 heterocycles. The number of hydrogen-bond acceptors (Lipinski definition) is 6. The largest absolute Gasteiger partial charge is 0.480 e. The lowest BCUT2D eigenvalue weighted by atomic mass is 10.1. The van der Waals surface area contributed by atoms with Crippen LogP contribution in [0.3, 0.4) is 0 Å². The lowest BCUT2D eigenvalue weighted by Crippen LogP contribution is -2.20. The van der Waals surface area contributed by atoms with Crippen molar-refractivity contribution in [3.8, 4) is 11.1 Å². The first kappa shape index (κ1) is 16.9. The van der Waals surface area contributed by atoms with E-state index >= 15 is 0 Å². The van der Waals surface area contributed by atoms with Crippen molar-refractivity contribution in [1.29, 1.82) is 0 Å². The molecule has 4 rings (SSSR count). The lowest BCUT2D eigenvalue weighted by molar-refractivity contribution is -0.137. The first-order valence-corrected chi connectivity index (χ1v) is 8.52. The number of carboxylic acids is 1. The Bertz CT molecular complexity index is 972. The molecule has 0 bridgehead atoms. The molecule has 0 radical (unpaired) electrons. The molecule has 0 fully saturated rings. The summed E-state index contributed by atoms with van der Waals surface area (Å²) >= 11 is 0. The number of carbonyl (C=O) groups is 2. The minimum absolute atomic E-state index is 0.159. The number of anilines is 1. The second-order valence-electron chi connectivity index (χ2n) is 6.45. The van der Waals surface area contributed by atoms with Gasteiger partial charge in [0.25, 0.3) is 0 Å². The third kappa shape index (κ3) is 3.55. The third-order valence-electron chi connectivity index (χ3n) is 4.55. The van der Waals surface area contributed by atoms with E-state index in [1.807, 2.05) is 12.1 Å². The molecule has 0 saturated carbocycles. The maximum atomic E-state index is 11.2. The van der Waals surface area contributed by atoms with Crippen LogP contribution in [-0.4, -0.2) is 43.2 Å². The average Bonchev–Trinajstić information content (AvgIpc) is 3.25. The topological polar surface area (TPSA) is 110 Å². The molecule has 0 spiro atoms. The minimum atomic E-state index is -1.03. The van der Waals surface area contributed by atoms with Crippen LogP contribution in [0.2, 0.25) is 0 Å². The number of nitrogens with one attached hydrogen (secondary N) is 1. The number of aromatic nitrogens is 4. The molecule has 136 valence electrons. The first-order chi connectivity index (χ1) is 13.1. The van der Waals surface area contributed by atoms with Gasteiger partial charge in [-0.25, -0.2) is 9.97 Å². The highest BCUT2D eigenvalue weighted by Crippen LogP contribution is 2.25. The highest BCUT2D eigenvalue weighted by Gasteiger charge is 2.21. The van der Waals surface area contributed by atoms with Gasteiger partial charge in [0.1, 0.15) is 12.2 Å². The van der Waals surface area contributed by atoms with E-state index in [0.29, 0.717) is 23.4 Å². The van der Waals surface area contributed by atoms with E-state index in [4.69, 9.17) is 5.11 Å². The Morgan fingerprint density at radius 3 is 2.48 bits per heavy atom. The standard InChI is InChI=1S/C19H17N5O3/c25-11-17-16(9-24(23-17)10-18(26)27)14-7-20-19(21-8-14)22-15-5-12-3-1-2-4-13(12)6-15/h1-4,7-9,11,15H,5-6,10H2,(H,26,27)(H,20,21,22). The van der Waals surface area contributed by atoms with Crippen molar-refractivity contribution >= 4 is 18.2 Å². The highest BCUT2D eigenvalue weighted by molar-refractivity contribution is 5.84. The molecule has 1 aromatic carbocycles. The van der Waals surface area contributed by atoms with Crippen molar-refractivity contribution in [1.82, 2.24) is 19.7 Å². The predicted molar refractivity (Wildman–Crippen MR) is 97.5 cm³/mol. The number of benzene rings is 1. The summed E-state index contributed by atoms with van der Waals surface area (Å²) in [6.07, 6.45) is 7.17. The first-order valence-electron chi connectivity index (χ1n) is 8.52. The molecule has 2 aromatic heterocycles. The zero-order valence-corrected chi connectivity index (χ0v) is 14.4. The van der Waals surface area contributed by atoms with Gasteiger partial charge in [-0.05, 0) is 24.0 Å². The molecule has 0 unspecified atom stereocenters. The van der Waals surface area contributed by atoms with Gasteiger partial charge in [0.05, 0.1) is 0 Å². The Morgan fingerprint density at radius 1 is 1.22 bits per heavy atom. The van der Waals surface area contributed by atoms with E-state index in [1.54, 1.807) is 12.4 Å². The van der Waals surface area contributed by atoms with Crippen molar-refractivity contribution in [3.63, 3.8) is 0 Å². The molecule has 3 aromatic rings. The molecule has 2 N–H and O–H groups in total. The van der Waals surface area contributed by atoms with Gasteiger partial charge < -0.3 is 10.4 Å². The molecule has 0 atom stereocenters. The number of fused-ring (bicyclic) bond motifs is 1. The van der Waals surface area contributed by atoms with E-state index in [1.165, 1.54) is 22.0 Å². The molecule has 0 aliphatic heterocycles. The second-order valence-corrected chi connectivity index (χ2v) is 6.45. The number of aliphatic carboxylic acids is 1. The summed E-state index contributed by atoms with van der Waals surface area (Å²) in [5.41, 5.74) is 3.95. The van der Waals surface area contributed by atoms with Crippen molar-refractivity contribution < 1.29 is 14.7 Å². The summed E-state index contributed by atoms with van der Waals surface area (Å²) in [6, 6.07) is 8.61. The van der Waals surface area contributed by atoms with Crippen molar-refractivity contribution in [2.24, 2.45) is 0 Å². The zero-order chi connectivity index (χ0) is 18.8. The van der Waals surface area contributed by atoms with E-state index < -0.39 is 5.97 Å². The number of carboxylic acid groups (broad SMARTS) is 1. The molecule has 1 aliphatic rings. The van der Waals surface area contributed by atoms with Crippen LogP contribution in [-0.2, 0) is 24.2 Å². The summed E-state index contributed by atoms with van der Waals surface area (Å²) in [4.78, 5) is 30.7. The van der Waals surface area contributed by atoms with Crippen LogP contribution in [0, 0.1) is 0 Å². The SMILES string of the molecule is O=Cc1nn(CC(=O)O)cc1-c1cnc(NC2Cc3ccccc3C2)nc1.